The first-order valence-corrected chi connectivity index (χ1v) is 8.85. The van der Waals surface area contributed by atoms with Gasteiger partial charge < -0.3 is 5.32 Å². The van der Waals surface area contributed by atoms with E-state index >= 15 is 0 Å². The molecule has 122 valence electrons. The van der Waals surface area contributed by atoms with Gasteiger partial charge in [0.1, 0.15) is 5.69 Å². The summed E-state index contributed by atoms with van der Waals surface area (Å²) in [6, 6.07) is 3.93. The highest BCUT2D eigenvalue weighted by Crippen LogP contribution is 2.31. The number of hydrogen-bond donors (Lipinski definition) is 2. The van der Waals surface area contributed by atoms with Crippen LogP contribution in [-0.4, -0.2) is 25.4 Å². The van der Waals surface area contributed by atoms with Crippen molar-refractivity contribution in [2.45, 2.75) is 56.5 Å². The molecule has 22 heavy (non-hydrogen) atoms. The number of nitro benzene ring substituents is 1. The molecule has 0 atom stereocenters. The van der Waals surface area contributed by atoms with Gasteiger partial charge in [-0.3, -0.25) is 10.1 Å². The standard InChI is InChI=1S/C14H21N3O4S/c1-10(2)16-22(20,21)12-7-8-13(14(9-12)17(18)19)15-11-5-3-4-6-11/h7-11,15-16H,3-6H2,1-2H3. The molecule has 1 saturated carbocycles. The van der Waals surface area contributed by atoms with E-state index < -0.39 is 14.9 Å². The topological polar surface area (TPSA) is 101 Å². The van der Waals surface area contributed by atoms with Gasteiger partial charge in [-0.05, 0) is 38.8 Å². The van der Waals surface area contributed by atoms with Gasteiger partial charge in [-0.25, -0.2) is 13.1 Å². The van der Waals surface area contributed by atoms with Crippen LogP contribution in [0, 0.1) is 10.1 Å². The second kappa shape index (κ2) is 6.62. The van der Waals surface area contributed by atoms with Crippen molar-refractivity contribution in [2.24, 2.45) is 0 Å². The molecule has 1 fully saturated rings. The lowest BCUT2D eigenvalue weighted by Gasteiger charge is -2.15. The quantitative estimate of drug-likeness (QED) is 0.618. The Hall–Kier alpha value is -1.67. The van der Waals surface area contributed by atoms with Crippen LogP contribution < -0.4 is 10.0 Å². The fourth-order valence-electron chi connectivity index (χ4n) is 2.62. The van der Waals surface area contributed by atoms with E-state index in [1.165, 1.54) is 12.1 Å². The molecule has 7 nitrogen and oxygen atoms in total. The highest BCUT2D eigenvalue weighted by molar-refractivity contribution is 7.89. The zero-order chi connectivity index (χ0) is 16.3. The van der Waals surface area contributed by atoms with E-state index in [1.54, 1.807) is 13.8 Å². The van der Waals surface area contributed by atoms with Gasteiger partial charge >= 0.3 is 0 Å². The molecule has 8 heteroatoms. The number of sulfonamides is 1. The fourth-order valence-corrected chi connectivity index (χ4v) is 3.89. The average Bonchev–Trinajstić information content (AvgIpc) is 2.90. The van der Waals surface area contributed by atoms with E-state index in [0.717, 1.165) is 31.7 Å². The predicted octanol–water partition coefficient (Wildman–Crippen LogP) is 2.64. The van der Waals surface area contributed by atoms with Gasteiger partial charge in [0.05, 0.1) is 9.82 Å². The summed E-state index contributed by atoms with van der Waals surface area (Å²) in [6.07, 6.45) is 4.17. The van der Waals surface area contributed by atoms with Crippen LogP contribution in [0.15, 0.2) is 23.1 Å². The van der Waals surface area contributed by atoms with E-state index in [-0.39, 0.29) is 22.7 Å². The lowest BCUT2D eigenvalue weighted by Crippen LogP contribution is -2.30. The van der Waals surface area contributed by atoms with E-state index in [0.29, 0.717) is 5.69 Å². The van der Waals surface area contributed by atoms with Crippen LogP contribution in [0.3, 0.4) is 0 Å². The van der Waals surface area contributed by atoms with Crippen LogP contribution in [0.2, 0.25) is 0 Å². The molecule has 1 aromatic rings. The Morgan fingerprint density at radius 1 is 1.27 bits per heavy atom. The minimum atomic E-state index is -3.74. The number of hydrogen-bond acceptors (Lipinski definition) is 5. The Kier molecular flexibility index (Phi) is 5.02. The minimum absolute atomic E-state index is 0.0927. The molecular formula is C14H21N3O4S. The van der Waals surface area contributed by atoms with Crippen molar-refractivity contribution in [3.8, 4) is 0 Å². The van der Waals surface area contributed by atoms with E-state index in [9.17, 15) is 18.5 Å². The van der Waals surface area contributed by atoms with Gasteiger partial charge in [0.2, 0.25) is 10.0 Å². The van der Waals surface area contributed by atoms with Crippen LogP contribution >= 0.6 is 0 Å². The minimum Gasteiger partial charge on any atom is -0.377 e. The summed E-state index contributed by atoms with van der Waals surface area (Å²) in [5, 5.41) is 14.4. The Balaban J connectivity index is 2.32. The van der Waals surface area contributed by atoms with Gasteiger partial charge in [-0.15, -0.1) is 0 Å². The molecule has 2 rings (SSSR count). The maximum Gasteiger partial charge on any atom is 0.293 e. The van der Waals surface area contributed by atoms with Crippen LogP contribution in [-0.2, 0) is 10.0 Å². The molecule has 0 spiro atoms. The first-order chi connectivity index (χ1) is 10.3. The van der Waals surface area contributed by atoms with Crippen molar-refractivity contribution in [1.82, 2.24) is 4.72 Å². The molecule has 1 aliphatic rings. The maximum absolute atomic E-state index is 12.1. The number of rotatable bonds is 6. The highest BCUT2D eigenvalue weighted by atomic mass is 32.2. The summed E-state index contributed by atoms with van der Waals surface area (Å²) < 4.78 is 26.7. The number of nitrogens with one attached hydrogen (secondary N) is 2. The van der Waals surface area contributed by atoms with E-state index in [4.69, 9.17) is 0 Å². The van der Waals surface area contributed by atoms with Crippen molar-refractivity contribution in [3.05, 3.63) is 28.3 Å². The smallest absolute Gasteiger partial charge is 0.293 e. The Morgan fingerprint density at radius 2 is 1.91 bits per heavy atom. The second-order valence-electron chi connectivity index (χ2n) is 5.84. The molecule has 2 N–H and O–H groups in total. The lowest BCUT2D eigenvalue weighted by molar-refractivity contribution is -0.384. The molecule has 1 aliphatic carbocycles. The van der Waals surface area contributed by atoms with Gasteiger partial charge in [-0.2, -0.15) is 0 Å². The van der Waals surface area contributed by atoms with Crippen molar-refractivity contribution in [3.63, 3.8) is 0 Å². The molecule has 0 saturated heterocycles. The summed E-state index contributed by atoms with van der Waals surface area (Å²) in [4.78, 5) is 10.6. The first-order valence-electron chi connectivity index (χ1n) is 7.37. The molecule has 0 aromatic heterocycles. The van der Waals surface area contributed by atoms with Crippen molar-refractivity contribution in [1.29, 1.82) is 0 Å². The van der Waals surface area contributed by atoms with Gasteiger partial charge in [-0.1, -0.05) is 12.8 Å². The molecule has 0 unspecified atom stereocenters. The Labute approximate surface area is 130 Å². The van der Waals surface area contributed by atoms with Crippen LogP contribution in [0.4, 0.5) is 11.4 Å². The molecule has 1 aromatic carbocycles. The second-order valence-corrected chi connectivity index (χ2v) is 7.55. The van der Waals surface area contributed by atoms with Crippen LogP contribution in [0.25, 0.3) is 0 Å². The van der Waals surface area contributed by atoms with Gasteiger partial charge in [0, 0.05) is 18.2 Å². The fraction of sp³-hybridized carbons (Fsp3) is 0.571. The SMILES string of the molecule is CC(C)NS(=O)(=O)c1ccc(NC2CCCC2)c([N+](=O)[O-])c1. The third-order valence-corrected chi connectivity index (χ3v) is 5.24. The number of benzene rings is 1. The monoisotopic (exact) mass is 327 g/mol. The van der Waals surface area contributed by atoms with Gasteiger partial charge in [0.25, 0.3) is 5.69 Å². The van der Waals surface area contributed by atoms with Crippen molar-refractivity contribution < 1.29 is 13.3 Å². The van der Waals surface area contributed by atoms with Crippen LogP contribution in [0.1, 0.15) is 39.5 Å². The average molecular weight is 327 g/mol. The summed E-state index contributed by atoms with van der Waals surface area (Å²) in [5.74, 6) is 0. The molecule has 0 bridgehead atoms. The van der Waals surface area contributed by atoms with E-state index in [2.05, 4.69) is 10.0 Å². The van der Waals surface area contributed by atoms with Gasteiger partial charge in [0.15, 0.2) is 0 Å². The van der Waals surface area contributed by atoms with Crippen LogP contribution in [0.5, 0.6) is 0 Å². The summed E-state index contributed by atoms with van der Waals surface area (Å²) in [7, 11) is -3.74. The summed E-state index contributed by atoms with van der Waals surface area (Å²) in [5.41, 5.74) is 0.166. The summed E-state index contributed by atoms with van der Waals surface area (Å²) >= 11 is 0. The third kappa shape index (κ3) is 3.95. The highest BCUT2D eigenvalue weighted by Gasteiger charge is 2.24. The lowest BCUT2D eigenvalue weighted by atomic mass is 10.2. The van der Waals surface area contributed by atoms with Crippen molar-refractivity contribution in [2.75, 3.05) is 5.32 Å². The zero-order valence-electron chi connectivity index (χ0n) is 12.7. The number of anilines is 1. The molecule has 0 aliphatic heterocycles. The van der Waals surface area contributed by atoms with E-state index in [1.807, 2.05) is 0 Å². The maximum atomic E-state index is 12.1. The number of nitro groups is 1. The summed E-state index contributed by atoms with van der Waals surface area (Å²) in [6.45, 7) is 3.39. The normalized spacial score (nSPS) is 16.1. The number of nitrogens with zero attached hydrogens (tertiary/aromatic N) is 1. The van der Waals surface area contributed by atoms with Crippen molar-refractivity contribution >= 4 is 21.4 Å². The third-order valence-electron chi connectivity index (χ3n) is 3.58. The zero-order valence-corrected chi connectivity index (χ0v) is 13.5. The molecule has 0 radical (unpaired) electrons. The largest absolute Gasteiger partial charge is 0.377 e. The Bertz CT molecular complexity index is 652. The molecular weight excluding hydrogens is 306 g/mol. The predicted molar refractivity (Wildman–Crippen MR) is 84.4 cm³/mol. The molecule has 0 heterocycles. The first kappa shape index (κ1) is 16.7. The Morgan fingerprint density at radius 3 is 2.45 bits per heavy atom. The molecule has 0 amide bonds.